The lowest BCUT2D eigenvalue weighted by atomic mass is 9.89. The summed E-state index contributed by atoms with van der Waals surface area (Å²) in [4.78, 5) is 11.2. The normalized spacial score (nSPS) is 13.5. The van der Waals surface area contributed by atoms with Gasteiger partial charge in [0.1, 0.15) is 11.6 Å². The number of ether oxygens (including phenoxy) is 1. The van der Waals surface area contributed by atoms with E-state index in [0.29, 0.717) is 11.4 Å². The molecule has 4 aromatic rings. The highest BCUT2D eigenvalue weighted by Gasteiger charge is 2.33. The molecule has 4 rings (SSSR count). The molecule has 0 fully saturated rings. The molecule has 0 aliphatic carbocycles. The molecule has 0 spiro atoms. The number of halogens is 1. The number of rotatable bonds is 6. The van der Waals surface area contributed by atoms with Gasteiger partial charge >= 0.3 is 0 Å². The Hall–Kier alpha value is -3.71. The van der Waals surface area contributed by atoms with Crippen molar-refractivity contribution < 1.29 is 14.2 Å². The van der Waals surface area contributed by atoms with E-state index in [4.69, 9.17) is 4.74 Å². The van der Waals surface area contributed by atoms with E-state index < -0.39 is 11.4 Å². The summed E-state index contributed by atoms with van der Waals surface area (Å²) in [6, 6.07) is 11.7. The van der Waals surface area contributed by atoms with Gasteiger partial charge in [-0.15, -0.1) is 0 Å². The van der Waals surface area contributed by atoms with Gasteiger partial charge in [0.2, 0.25) is 0 Å². The molecule has 0 aliphatic rings. The van der Waals surface area contributed by atoms with E-state index in [1.807, 2.05) is 35.9 Å². The average Bonchev–Trinajstić information content (AvgIpc) is 3.44. The number of benzene rings is 2. The lowest BCUT2D eigenvalue weighted by molar-refractivity contribution is 0.126. The number of H-pyrrole nitrogens is 1. The molecule has 0 amide bonds. The fourth-order valence-corrected chi connectivity index (χ4v) is 3.33. The Labute approximate surface area is 173 Å². The fraction of sp³-hybridized carbons (Fsp3) is 0.130. The van der Waals surface area contributed by atoms with Crippen molar-refractivity contribution >= 4 is 6.08 Å². The van der Waals surface area contributed by atoms with Crippen molar-refractivity contribution in [2.45, 2.75) is 12.5 Å². The molecule has 1 unspecified atom stereocenters. The smallest absolute Gasteiger partial charge is 0.155 e. The molecule has 2 aromatic carbocycles. The van der Waals surface area contributed by atoms with Crippen LogP contribution in [0.4, 0.5) is 4.39 Å². The van der Waals surface area contributed by atoms with Crippen molar-refractivity contribution in [1.82, 2.24) is 19.5 Å². The summed E-state index contributed by atoms with van der Waals surface area (Å²) in [5.74, 6) is 0.125. The number of hydrogen-bond donors (Lipinski definition) is 2. The fourth-order valence-electron chi connectivity index (χ4n) is 3.33. The third-order valence-electron chi connectivity index (χ3n) is 4.88. The second-order valence-electron chi connectivity index (χ2n) is 6.89. The van der Waals surface area contributed by atoms with Gasteiger partial charge < -0.3 is 19.4 Å². The molecule has 0 saturated carbocycles. The summed E-state index contributed by atoms with van der Waals surface area (Å²) < 4.78 is 21.9. The van der Waals surface area contributed by atoms with E-state index in [2.05, 4.69) is 15.0 Å². The number of aromatic amines is 1. The van der Waals surface area contributed by atoms with E-state index >= 15 is 0 Å². The van der Waals surface area contributed by atoms with Crippen molar-refractivity contribution in [1.29, 1.82) is 0 Å². The van der Waals surface area contributed by atoms with E-state index in [9.17, 15) is 9.50 Å². The van der Waals surface area contributed by atoms with Crippen molar-refractivity contribution in [2.75, 3.05) is 7.11 Å². The minimum absolute atomic E-state index is 0.117. The Kier molecular flexibility index (Phi) is 5.20. The van der Waals surface area contributed by atoms with Crippen LogP contribution in [0.15, 0.2) is 73.6 Å². The molecule has 1 atom stereocenters. The Morgan fingerprint density at radius 2 is 2.03 bits per heavy atom. The SMILES string of the molecule is COc1cc(C=CC(O)(c2c[nH]cn2)c2ccccc2F)ccc1-n1cnc(C)c1. The van der Waals surface area contributed by atoms with Gasteiger partial charge in [-0.3, -0.25) is 0 Å². The Balaban J connectivity index is 1.74. The molecule has 30 heavy (non-hydrogen) atoms. The molecule has 2 heterocycles. The maximum absolute atomic E-state index is 14.5. The largest absolute Gasteiger partial charge is 0.495 e. The summed E-state index contributed by atoms with van der Waals surface area (Å²) >= 11 is 0. The Bertz CT molecular complexity index is 1180. The molecular weight excluding hydrogens is 383 g/mol. The van der Waals surface area contributed by atoms with Crippen LogP contribution in [0.5, 0.6) is 5.75 Å². The molecule has 152 valence electrons. The first-order valence-corrected chi connectivity index (χ1v) is 9.36. The third kappa shape index (κ3) is 3.62. The maximum Gasteiger partial charge on any atom is 0.155 e. The van der Waals surface area contributed by atoms with Crippen LogP contribution in [0.25, 0.3) is 11.8 Å². The monoisotopic (exact) mass is 404 g/mol. The highest BCUT2D eigenvalue weighted by Crippen LogP contribution is 2.33. The van der Waals surface area contributed by atoms with Crippen LogP contribution in [0.2, 0.25) is 0 Å². The van der Waals surface area contributed by atoms with Gasteiger partial charge in [0.15, 0.2) is 5.60 Å². The maximum atomic E-state index is 14.5. The van der Waals surface area contributed by atoms with Gasteiger partial charge in [0.05, 0.1) is 36.8 Å². The van der Waals surface area contributed by atoms with Gasteiger partial charge in [-0.1, -0.05) is 30.3 Å². The summed E-state index contributed by atoms with van der Waals surface area (Å²) in [5, 5.41) is 11.4. The van der Waals surface area contributed by atoms with Crippen LogP contribution in [-0.4, -0.2) is 31.7 Å². The van der Waals surface area contributed by atoms with Crippen LogP contribution in [0.1, 0.15) is 22.5 Å². The van der Waals surface area contributed by atoms with Crippen LogP contribution < -0.4 is 4.74 Å². The first-order chi connectivity index (χ1) is 14.5. The van der Waals surface area contributed by atoms with E-state index in [1.165, 1.54) is 18.5 Å². The van der Waals surface area contributed by atoms with Crippen LogP contribution >= 0.6 is 0 Å². The van der Waals surface area contributed by atoms with E-state index in [0.717, 1.165) is 16.9 Å². The molecule has 7 heteroatoms. The van der Waals surface area contributed by atoms with Crippen molar-refractivity contribution in [3.05, 3.63) is 102 Å². The summed E-state index contributed by atoms with van der Waals surface area (Å²) in [7, 11) is 1.59. The standard InChI is InChI=1S/C23H21FN4O2/c1-16-13-28(15-27-16)20-8-7-17(11-21(20)30-2)9-10-23(29,22-12-25-14-26-22)18-5-3-4-6-19(18)24/h3-15,29H,1-2H3,(H,25,26). The molecule has 0 saturated heterocycles. The topological polar surface area (TPSA) is 76.0 Å². The van der Waals surface area contributed by atoms with Crippen molar-refractivity contribution in [2.24, 2.45) is 0 Å². The first-order valence-electron chi connectivity index (χ1n) is 9.36. The number of hydrogen-bond acceptors (Lipinski definition) is 4. The molecule has 0 bridgehead atoms. The number of aryl methyl sites for hydroxylation is 1. The lowest BCUT2D eigenvalue weighted by Gasteiger charge is -2.24. The molecule has 0 aliphatic heterocycles. The Morgan fingerprint density at radius 3 is 2.70 bits per heavy atom. The third-order valence-corrected chi connectivity index (χ3v) is 4.88. The van der Waals surface area contributed by atoms with Gasteiger partial charge in [-0.2, -0.15) is 0 Å². The predicted molar refractivity (Wildman–Crippen MR) is 112 cm³/mol. The molecule has 2 aromatic heterocycles. The van der Waals surface area contributed by atoms with Gasteiger partial charge in [0.25, 0.3) is 0 Å². The summed E-state index contributed by atoms with van der Waals surface area (Å²) in [5.41, 5.74) is 1.19. The van der Waals surface area contributed by atoms with Crippen LogP contribution in [0, 0.1) is 12.7 Å². The predicted octanol–water partition coefficient (Wildman–Crippen LogP) is 4.00. The molecular formula is C23H21FN4O2. The summed E-state index contributed by atoms with van der Waals surface area (Å²) in [6.07, 6.45) is 9.85. The zero-order valence-corrected chi connectivity index (χ0v) is 16.6. The number of aliphatic hydroxyl groups is 1. The van der Waals surface area contributed by atoms with Crippen molar-refractivity contribution in [3.8, 4) is 11.4 Å². The molecule has 0 radical (unpaired) electrons. The van der Waals surface area contributed by atoms with Crippen LogP contribution in [-0.2, 0) is 5.60 Å². The molecule has 2 N–H and O–H groups in total. The minimum atomic E-state index is -1.74. The van der Waals surface area contributed by atoms with Gasteiger partial charge in [0, 0.05) is 18.0 Å². The number of aromatic nitrogens is 4. The Morgan fingerprint density at radius 1 is 1.20 bits per heavy atom. The second kappa shape index (κ2) is 7.96. The average molecular weight is 404 g/mol. The molecule has 6 nitrogen and oxygen atoms in total. The van der Waals surface area contributed by atoms with Crippen LogP contribution in [0.3, 0.4) is 0 Å². The zero-order chi connectivity index (χ0) is 21.1. The van der Waals surface area contributed by atoms with E-state index in [1.54, 1.807) is 43.9 Å². The lowest BCUT2D eigenvalue weighted by Crippen LogP contribution is -2.26. The number of nitrogens with one attached hydrogen (secondary N) is 1. The first kappa shape index (κ1) is 19.6. The number of nitrogens with zero attached hydrogens (tertiary/aromatic N) is 3. The zero-order valence-electron chi connectivity index (χ0n) is 16.6. The minimum Gasteiger partial charge on any atom is -0.495 e. The number of methoxy groups -OCH3 is 1. The highest BCUT2D eigenvalue weighted by atomic mass is 19.1. The summed E-state index contributed by atoms with van der Waals surface area (Å²) in [6.45, 7) is 1.92. The van der Waals surface area contributed by atoms with E-state index in [-0.39, 0.29) is 5.56 Å². The number of imidazole rings is 2. The highest BCUT2D eigenvalue weighted by molar-refractivity contribution is 5.60. The van der Waals surface area contributed by atoms with Crippen molar-refractivity contribution in [3.63, 3.8) is 0 Å². The second-order valence-corrected chi connectivity index (χ2v) is 6.89. The van der Waals surface area contributed by atoms with Gasteiger partial charge in [-0.05, 0) is 36.8 Å². The van der Waals surface area contributed by atoms with Gasteiger partial charge in [-0.25, -0.2) is 14.4 Å². The quantitative estimate of drug-likeness (QED) is 0.509.